The average molecular weight is 732 g/mol. The molecular formula is C40H77NO10. The molecule has 9 unspecified atom stereocenters. The number of nitrogens with one attached hydrogen (secondary N) is 1. The molecule has 1 rings (SSSR count). The molecule has 0 aliphatic carbocycles. The van der Waals surface area contributed by atoms with Crippen molar-refractivity contribution >= 4 is 5.91 Å². The van der Waals surface area contributed by atoms with E-state index in [1.807, 2.05) is 0 Å². The number of unbranched alkanes of at least 4 members (excludes halogenated alkanes) is 19. The smallest absolute Gasteiger partial charge is 0.249 e. The van der Waals surface area contributed by atoms with Crippen molar-refractivity contribution in [3.8, 4) is 0 Å². The molecule has 51 heavy (non-hydrogen) atoms. The number of carbonyl (C=O) groups excluding carboxylic acids is 1. The molecule has 1 heterocycles. The lowest BCUT2D eigenvalue weighted by Gasteiger charge is -2.40. The van der Waals surface area contributed by atoms with Crippen molar-refractivity contribution in [1.29, 1.82) is 0 Å². The second kappa shape index (κ2) is 31.2. The van der Waals surface area contributed by atoms with Gasteiger partial charge in [-0.3, -0.25) is 4.79 Å². The van der Waals surface area contributed by atoms with Gasteiger partial charge >= 0.3 is 0 Å². The van der Waals surface area contributed by atoms with Crippen LogP contribution >= 0.6 is 0 Å². The summed E-state index contributed by atoms with van der Waals surface area (Å²) in [6.07, 6.45) is 18.4. The molecule has 0 saturated carbocycles. The van der Waals surface area contributed by atoms with Crippen LogP contribution in [0, 0.1) is 0 Å². The number of amides is 1. The van der Waals surface area contributed by atoms with Gasteiger partial charge in [0.05, 0.1) is 25.4 Å². The molecule has 1 fully saturated rings. The molecule has 11 heteroatoms. The van der Waals surface area contributed by atoms with Crippen LogP contribution in [0.1, 0.15) is 168 Å². The van der Waals surface area contributed by atoms with E-state index in [0.717, 1.165) is 51.4 Å². The van der Waals surface area contributed by atoms with Gasteiger partial charge in [-0.1, -0.05) is 142 Å². The molecule has 0 aromatic heterocycles. The normalized spacial score (nSPS) is 23.4. The van der Waals surface area contributed by atoms with Gasteiger partial charge in [0, 0.05) is 0 Å². The SMILES string of the molecule is CCCCCCC=CCCCCCCC(O)C(O)C(COC1OC(CO)C(O)C(O)C1O)NC(=O)C(O)CCCCCCCCCCCCCC. The highest BCUT2D eigenvalue weighted by Crippen LogP contribution is 2.23. The van der Waals surface area contributed by atoms with Crippen LogP contribution in [0.4, 0.5) is 0 Å². The fourth-order valence-corrected chi connectivity index (χ4v) is 6.55. The predicted molar refractivity (Wildman–Crippen MR) is 201 cm³/mol. The Hall–Kier alpha value is -1.15. The van der Waals surface area contributed by atoms with E-state index in [1.165, 1.54) is 77.0 Å². The zero-order chi connectivity index (χ0) is 37.7. The Balaban J connectivity index is 2.55. The van der Waals surface area contributed by atoms with E-state index in [1.54, 1.807) is 0 Å². The lowest BCUT2D eigenvalue weighted by Crippen LogP contribution is -2.60. The minimum Gasteiger partial charge on any atom is -0.394 e. The molecule has 0 spiro atoms. The molecule has 0 bridgehead atoms. The minimum atomic E-state index is -1.66. The fraction of sp³-hybridized carbons (Fsp3) is 0.925. The molecule has 8 N–H and O–H groups in total. The monoisotopic (exact) mass is 732 g/mol. The standard InChI is InChI=1S/C40H77NO10/c1-3-5-7-9-11-13-15-17-19-21-23-25-27-32(43)35(45)31(30-50-40-38(48)37(47)36(46)34(29-42)51-40)41-39(49)33(44)28-26-24-22-20-18-16-14-12-10-8-6-4-2/h13,15,31-38,40,42-48H,3-12,14,16-30H2,1-2H3,(H,41,49). The Morgan fingerprint density at radius 1 is 0.667 bits per heavy atom. The van der Waals surface area contributed by atoms with Crippen LogP contribution in [0.15, 0.2) is 12.2 Å². The third-order valence-electron chi connectivity index (χ3n) is 10.1. The number of carbonyl (C=O) groups is 1. The fourth-order valence-electron chi connectivity index (χ4n) is 6.55. The van der Waals surface area contributed by atoms with Gasteiger partial charge in [0.25, 0.3) is 0 Å². The van der Waals surface area contributed by atoms with Gasteiger partial charge in [-0.15, -0.1) is 0 Å². The van der Waals surface area contributed by atoms with Crippen molar-refractivity contribution < 1.29 is 50.0 Å². The predicted octanol–water partition coefficient (Wildman–Crippen LogP) is 5.33. The Kier molecular flexibility index (Phi) is 29.3. The van der Waals surface area contributed by atoms with E-state index in [4.69, 9.17) is 9.47 Å². The zero-order valence-electron chi connectivity index (χ0n) is 32.1. The maximum absolute atomic E-state index is 13.0. The third-order valence-corrected chi connectivity index (χ3v) is 10.1. The lowest BCUT2D eigenvalue weighted by atomic mass is 9.98. The highest BCUT2D eigenvalue weighted by molar-refractivity contribution is 5.80. The first-order valence-electron chi connectivity index (χ1n) is 20.6. The zero-order valence-corrected chi connectivity index (χ0v) is 32.1. The van der Waals surface area contributed by atoms with E-state index in [9.17, 15) is 40.5 Å². The summed E-state index contributed by atoms with van der Waals surface area (Å²) in [6, 6.07) is -1.17. The van der Waals surface area contributed by atoms with Gasteiger partial charge < -0.3 is 50.5 Å². The highest BCUT2D eigenvalue weighted by atomic mass is 16.7. The van der Waals surface area contributed by atoms with Crippen LogP contribution in [-0.4, -0.2) is 110 Å². The molecule has 0 radical (unpaired) electrons. The van der Waals surface area contributed by atoms with Crippen LogP contribution in [0.3, 0.4) is 0 Å². The largest absolute Gasteiger partial charge is 0.394 e. The number of aliphatic hydroxyl groups is 7. The summed E-state index contributed by atoms with van der Waals surface area (Å²) >= 11 is 0. The quantitative estimate of drug-likeness (QED) is 0.0324. The van der Waals surface area contributed by atoms with E-state index in [2.05, 4.69) is 31.3 Å². The second-order valence-electron chi connectivity index (χ2n) is 14.7. The first-order valence-corrected chi connectivity index (χ1v) is 20.6. The third kappa shape index (κ3) is 22.0. The van der Waals surface area contributed by atoms with Crippen molar-refractivity contribution in [3.63, 3.8) is 0 Å². The molecule has 1 aliphatic heterocycles. The van der Waals surface area contributed by atoms with Crippen molar-refractivity contribution in [3.05, 3.63) is 12.2 Å². The average Bonchev–Trinajstić information content (AvgIpc) is 3.13. The lowest BCUT2D eigenvalue weighted by molar-refractivity contribution is -0.303. The molecule has 11 nitrogen and oxygen atoms in total. The maximum Gasteiger partial charge on any atom is 0.249 e. The number of ether oxygens (including phenoxy) is 2. The number of rotatable bonds is 33. The Labute approximate surface area is 309 Å². The molecule has 1 aliphatic rings. The van der Waals surface area contributed by atoms with Gasteiger partial charge in [-0.25, -0.2) is 0 Å². The van der Waals surface area contributed by atoms with E-state index >= 15 is 0 Å². The summed E-state index contributed by atoms with van der Waals surface area (Å²) in [5, 5.41) is 75.3. The molecule has 302 valence electrons. The van der Waals surface area contributed by atoms with Gasteiger partial charge in [0.2, 0.25) is 5.91 Å². The van der Waals surface area contributed by atoms with Crippen molar-refractivity contribution in [2.24, 2.45) is 0 Å². The summed E-state index contributed by atoms with van der Waals surface area (Å²) in [5.74, 6) is -0.704. The number of allylic oxidation sites excluding steroid dienone is 2. The van der Waals surface area contributed by atoms with Crippen molar-refractivity contribution in [1.82, 2.24) is 5.32 Å². The van der Waals surface area contributed by atoms with E-state index in [0.29, 0.717) is 19.3 Å². The number of hydrogen-bond acceptors (Lipinski definition) is 10. The van der Waals surface area contributed by atoms with Crippen LogP contribution in [0.2, 0.25) is 0 Å². The number of hydrogen-bond donors (Lipinski definition) is 8. The second-order valence-corrected chi connectivity index (χ2v) is 14.7. The van der Waals surface area contributed by atoms with Gasteiger partial charge in [-0.05, 0) is 38.5 Å². The topological polar surface area (TPSA) is 189 Å². The summed E-state index contributed by atoms with van der Waals surface area (Å²) < 4.78 is 11.0. The Bertz CT molecular complexity index is 846. The van der Waals surface area contributed by atoms with Gasteiger partial charge in [0.15, 0.2) is 6.29 Å². The molecule has 0 aromatic carbocycles. The van der Waals surface area contributed by atoms with E-state index < -0.39 is 74.2 Å². The van der Waals surface area contributed by atoms with Gasteiger partial charge in [-0.2, -0.15) is 0 Å². The minimum absolute atomic E-state index is 0.260. The first-order chi connectivity index (χ1) is 24.7. The summed E-state index contributed by atoms with van der Waals surface area (Å²) in [4.78, 5) is 13.0. The molecule has 1 amide bonds. The summed E-state index contributed by atoms with van der Waals surface area (Å²) in [6.45, 7) is 3.38. The van der Waals surface area contributed by atoms with E-state index in [-0.39, 0.29) is 6.42 Å². The van der Waals surface area contributed by atoms with Crippen molar-refractivity contribution in [2.45, 2.75) is 223 Å². The summed E-state index contributed by atoms with van der Waals surface area (Å²) in [7, 11) is 0. The Morgan fingerprint density at radius 2 is 1.14 bits per heavy atom. The maximum atomic E-state index is 13.0. The van der Waals surface area contributed by atoms with Crippen LogP contribution < -0.4 is 5.32 Å². The van der Waals surface area contributed by atoms with Crippen molar-refractivity contribution in [2.75, 3.05) is 13.2 Å². The van der Waals surface area contributed by atoms with Gasteiger partial charge in [0.1, 0.15) is 36.6 Å². The van der Waals surface area contributed by atoms with Crippen LogP contribution in [0.25, 0.3) is 0 Å². The summed E-state index contributed by atoms with van der Waals surface area (Å²) in [5.41, 5.74) is 0. The molecule has 9 atom stereocenters. The first kappa shape index (κ1) is 47.9. The Morgan fingerprint density at radius 3 is 1.67 bits per heavy atom. The highest BCUT2D eigenvalue weighted by Gasteiger charge is 2.44. The van der Waals surface area contributed by atoms with Crippen LogP contribution in [0.5, 0.6) is 0 Å². The number of aliphatic hydroxyl groups excluding tert-OH is 7. The molecule has 0 aromatic rings. The molecular weight excluding hydrogens is 654 g/mol. The molecule has 1 saturated heterocycles. The van der Waals surface area contributed by atoms with Crippen LogP contribution in [-0.2, 0) is 14.3 Å².